The van der Waals surface area contributed by atoms with Gasteiger partial charge in [0.2, 0.25) is 5.91 Å². The van der Waals surface area contributed by atoms with Crippen molar-refractivity contribution in [3.05, 3.63) is 52.8 Å². The van der Waals surface area contributed by atoms with Crippen LogP contribution in [0, 0.1) is 11.7 Å². The molecule has 1 heterocycles. The molecule has 1 fully saturated rings. The van der Waals surface area contributed by atoms with Crippen molar-refractivity contribution in [1.29, 1.82) is 0 Å². The largest absolute Gasteiger partial charge is 0.493 e. The highest BCUT2D eigenvalue weighted by Crippen LogP contribution is 2.31. The lowest BCUT2D eigenvalue weighted by molar-refractivity contribution is -0.134. The van der Waals surface area contributed by atoms with Crippen LogP contribution >= 0.6 is 11.6 Å². The Morgan fingerprint density at radius 1 is 1.35 bits per heavy atom. The van der Waals surface area contributed by atoms with E-state index in [1.807, 2.05) is 19.1 Å². The highest BCUT2D eigenvalue weighted by molar-refractivity contribution is 6.31. The molecule has 1 unspecified atom stereocenters. The van der Waals surface area contributed by atoms with Gasteiger partial charge in [0.05, 0.1) is 13.2 Å². The molecular weight excluding hydrogens is 457 g/mol. The molecule has 186 valence electrons. The number of hydrogen-bond donors (Lipinski definition) is 1. The normalized spacial score (nSPS) is 21.0. The topological polar surface area (TPSA) is 61.9 Å². The zero-order chi connectivity index (χ0) is 24.7. The second-order valence-corrected chi connectivity index (χ2v) is 9.45. The van der Waals surface area contributed by atoms with Gasteiger partial charge in [0.1, 0.15) is 6.04 Å². The SMILES string of the molecule is CCC[C@H](NC(=O)N1CCC[C@@H]1C(=O)N(C)CC1C=CC(Cl)=CCC1)c1cccc(F)c1OC. The monoisotopic (exact) mass is 491 g/mol. The van der Waals surface area contributed by atoms with Crippen LogP contribution in [0.4, 0.5) is 9.18 Å². The van der Waals surface area contributed by atoms with Gasteiger partial charge in [0.25, 0.3) is 0 Å². The van der Waals surface area contributed by atoms with Crippen LogP contribution in [-0.4, -0.2) is 55.0 Å². The molecule has 3 atom stereocenters. The lowest BCUT2D eigenvalue weighted by Gasteiger charge is -2.31. The van der Waals surface area contributed by atoms with E-state index in [0.717, 1.165) is 30.7 Å². The first-order chi connectivity index (χ1) is 16.3. The van der Waals surface area contributed by atoms with Gasteiger partial charge in [-0.1, -0.05) is 49.2 Å². The van der Waals surface area contributed by atoms with Crippen LogP contribution in [0.5, 0.6) is 5.75 Å². The van der Waals surface area contributed by atoms with Gasteiger partial charge in [-0.3, -0.25) is 4.79 Å². The van der Waals surface area contributed by atoms with Gasteiger partial charge in [-0.15, -0.1) is 0 Å². The molecule has 0 radical (unpaired) electrons. The minimum absolute atomic E-state index is 0.0558. The fourth-order valence-electron chi connectivity index (χ4n) is 4.78. The predicted molar refractivity (Wildman–Crippen MR) is 132 cm³/mol. The van der Waals surface area contributed by atoms with Crippen molar-refractivity contribution in [3.8, 4) is 5.75 Å². The molecule has 0 aromatic heterocycles. The summed E-state index contributed by atoms with van der Waals surface area (Å²) in [5, 5.41) is 3.76. The summed E-state index contributed by atoms with van der Waals surface area (Å²) in [4.78, 5) is 29.9. The highest BCUT2D eigenvalue weighted by Gasteiger charge is 2.37. The van der Waals surface area contributed by atoms with Crippen LogP contribution in [-0.2, 0) is 4.79 Å². The molecule has 1 aromatic carbocycles. The van der Waals surface area contributed by atoms with Crippen molar-refractivity contribution in [2.45, 2.75) is 57.5 Å². The number of nitrogens with one attached hydrogen (secondary N) is 1. The number of carbonyl (C=O) groups is 2. The number of amides is 3. The number of para-hydroxylation sites is 1. The second kappa shape index (κ2) is 12.2. The van der Waals surface area contributed by atoms with Gasteiger partial charge in [0, 0.05) is 30.7 Å². The first kappa shape index (κ1) is 26.1. The summed E-state index contributed by atoms with van der Waals surface area (Å²) in [6.45, 7) is 3.10. The number of rotatable bonds is 8. The number of halogens is 2. The number of ether oxygens (including phenoxy) is 1. The number of benzene rings is 1. The minimum Gasteiger partial charge on any atom is -0.493 e. The summed E-state index contributed by atoms with van der Waals surface area (Å²) in [5.41, 5.74) is 0.601. The Morgan fingerprint density at radius 2 is 2.15 bits per heavy atom. The molecule has 0 spiro atoms. The highest BCUT2D eigenvalue weighted by atomic mass is 35.5. The molecular formula is C26H35ClFN3O3. The second-order valence-electron chi connectivity index (χ2n) is 9.01. The molecule has 34 heavy (non-hydrogen) atoms. The number of hydrogen-bond acceptors (Lipinski definition) is 3. The van der Waals surface area contributed by atoms with Gasteiger partial charge in [-0.25, -0.2) is 9.18 Å². The number of methoxy groups -OCH3 is 1. The maximum absolute atomic E-state index is 14.3. The molecule has 6 nitrogen and oxygen atoms in total. The lowest BCUT2D eigenvalue weighted by atomic mass is 10.0. The van der Waals surface area contributed by atoms with Crippen LogP contribution in [0.2, 0.25) is 0 Å². The Hall–Kier alpha value is -2.54. The lowest BCUT2D eigenvalue weighted by Crippen LogP contribution is -2.51. The number of urea groups is 1. The molecule has 1 N–H and O–H groups in total. The fraction of sp³-hybridized carbons (Fsp3) is 0.538. The summed E-state index contributed by atoms with van der Waals surface area (Å²) in [6.07, 6.45) is 10.5. The van der Waals surface area contributed by atoms with E-state index in [1.165, 1.54) is 13.2 Å². The molecule has 1 aliphatic heterocycles. The van der Waals surface area contributed by atoms with Crippen molar-refractivity contribution in [2.24, 2.45) is 5.92 Å². The molecule has 3 rings (SSSR count). The summed E-state index contributed by atoms with van der Waals surface area (Å²) < 4.78 is 19.5. The van der Waals surface area contributed by atoms with E-state index in [9.17, 15) is 14.0 Å². The summed E-state index contributed by atoms with van der Waals surface area (Å²) in [5.74, 6) is -0.157. The maximum Gasteiger partial charge on any atom is 0.318 e. The van der Waals surface area contributed by atoms with Gasteiger partial charge < -0.3 is 19.9 Å². The third-order valence-corrected chi connectivity index (χ3v) is 6.82. The van der Waals surface area contributed by atoms with Crippen LogP contribution in [0.3, 0.4) is 0 Å². The first-order valence-corrected chi connectivity index (χ1v) is 12.4. The van der Waals surface area contributed by atoms with Crippen LogP contribution in [0.25, 0.3) is 0 Å². The summed E-state index contributed by atoms with van der Waals surface area (Å²) in [7, 11) is 3.22. The number of likely N-dealkylation sites (N-methyl/N-ethyl adjacent to an activating group) is 1. The van der Waals surface area contributed by atoms with E-state index < -0.39 is 17.9 Å². The van der Waals surface area contributed by atoms with Crippen LogP contribution in [0.15, 0.2) is 41.5 Å². The average Bonchev–Trinajstić information content (AvgIpc) is 3.22. The molecule has 8 heteroatoms. The Kier molecular flexibility index (Phi) is 9.39. The Morgan fingerprint density at radius 3 is 2.88 bits per heavy atom. The Balaban J connectivity index is 1.68. The predicted octanol–water partition coefficient (Wildman–Crippen LogP) is 5.40. The van der Waals surface area contributed by atoms with E-state index in [-0.39, 0.29) is 23.6 Å². The minimum atomic E-state index is -0.502. The molecule has 1 aromatic rings. The standard InChI is InChI=1S/C26H35ClFN3O3/c1-4-8-22(20-11-6-12-21(28)24(20)34-3)29-26(33)31-16-7-13-23(31)25(32)30(2)17-18-9-5-10-19(27)15-14-18/h6,10-12,14-15,18,22-23H,4-5,7-9,13,16-17H2,1-3H3,(H,29,33)/t18?,22-,23+/m0/s1. The fourth-order valence-corrected chi connectivity index (χ4v) is 4.97. The Bertz CT molecular complexity index is 936. The Labute approximate surface area is 206 Å². The third kappa shape index (κ3) is 6.32. The van der Waals surface area contributed by atoms with E-state index in [2.05, 4.69) is 11.4 Å². The molecule has 1 saturated heterocycles. The number of allylic oxidation sites excluding steroid dienone is 3. The maximum atomic E-state index is 14.3. The van der Waals surface area contributed by atoms with E-state index in [0.29, 0.717) is 31.5 Å². The van der Waals surface area contributed by atoms with Gasteiger partial charge >= 0.3 is 6.03 Å². The molecule has 2 aliphatic rings. The smallest absolute Gasteiger partial charge is 0.318 e. The molecule has 3 amide bonds. The van der Waals surface area contributed by atoms with Crippen LogP contribution in [0.1, 0.15) is 57.1 Å². The molecule has 1 aliphatic carbocycles. The van der Waals surface area contributed by atoms with Gasteiger partial charge in [-0.2, -0.15) is 0 Å². The van der Waals surface area contributed by atoms with Crippen molar-refractivity contribution in [3.63, 3.8) is 0 Å². The summed E-state index contributed by atoms with van der Waals surface area (Å²) >= 11 is 6.09. The van der Waals surface area contributed by atoms with E-state index in [4.69, 9.17) is 16.3 Å². The number of nitrogens with zero attached hydrogens (tertiary/aromatic N) is 2. The van der Waals surface area contributed by atoms with Gasteiger partial charge in [0.15, 0.2) is 11.6 Å². The first-order valence-electron chi connectivity index (χ1n) is 12.0. The summed E-state index contributed by atoms with van der Waals surface area (Å²) in [6, 6.07) is 3.50. The third-order valence-electron chi connectivity index (χ3n) is 6.54. The zero-order valence-electron chi connectivity index (χ0n) is 20.2. The number of carbonyl (C=O) groups excluding carboxylic acids is 2. The van der Waals surface area contributed by atoms with Crippen molar-refractivity contribution in [2.75, 3.05) is 27.2 Å². The van der Waals surface area contributed by atoms with E-state index >= 15 is 0 Å². The van der Waals surface area contributed by atoms with Gasteiger partial charge in [-0.05, 0) is 50.2 Å². The van der Waals surface area contributed by atoms with Crippen molar-refractivity contribution >= 4 is 23.5 Å². The average molecular weight is 492 g/mol. The number of likely N-dealkylation sites (tertiary alicyclic amines) is 1. The quantitative estimate of drug-likeness (QED) is 0.529. The van der Waals surface area contributed by atoms with Crippen molar-refractivity contribution in [1.82, 2.24) is 15.1 Å². The van der Waals surface area contributed by atoms with Crippen molar-refractivity contribution < 1.29 is 18.7 Å². The molecule has 0 bridgehead atoms. The van der Waals surface area contributed by atoms with Crippen LogP contribution < -0.4 is 10.1 Å². The zero-order valence-corrected chi connectivity index (χ0v) is 21.0. The van der Waals surface area contributed by atoms with E-state index in [1.54, 1.807) is 29.0 Å². The molecule has 0 saturated carbocycles.